The zero-order valence-corrected chi connectivity index (χ0v) is 21.5. The van der Waals surface area contributed by atoms with Crippen LogP contribution in [0.1, 0.15) is 119 Å². The van der Waals surface area contributed by atoms with Crippen LogP contribution in [0.15, 0.2) is 36.4 Å². The van der Waals surface area contributed by atoms with Crippen molar-refractivity contribution >= 4 is 6.08 Å². The summed E-state index contributed by atoms with van der Waals surface area (Å²) in [4.78, 5) is 0. The standard InChI is InChI=1S/C32H41F3/c1-3-5-6-26-17-18-28(21-30(26)33)24-12-9-23(10-13-24)11-16-27-19-20-29(32(35)31(27)34)25-14-7-22(4-2)8-15-25/h11,16-25H,3-10,12-15H2,1-2H3. The predicted octanol–water partition coefficient (Wildman–Crippen LogP) is 10.1. The Morgan fingerprint density at radius 2 is 1.51 bits per heavy atom. The fourth-order valence-electron chi connectivity index (χ4n) is 6.18. The molecule has 0 heterocycles. The monoisotopic (exact) mass is 482 g/mol. The normalized spacial score (nSPS) is 25.3. The predicted molar refractivity (Wildman–Crippen MR) is 140 cm³/mol. The van der Waals surface area contributed by atoms with E-state index in [0.717, 1.165) is 87.7 Å². The molecule has 2 aliphatic rings. The van der Waals surface area contributed by atoms with Gasteiger partial charge in [-0.05, 0) is 111 Å². The van der Waals surface area contributed by atoms with Crippen molar-refractivity contribution in [1.82, 2.24) is 0 Å². The molecule has 0 aliphatic heterocycles. The first-order chi connectivity index (χ1) is 17.0. The van der Waals surface area contributed by atoms with Gasteiger partial charge in [-0.15, -0.1) is 0 Å². The second kappa shape index (κ2) is 12.3. The van der Waals surface area contributed by atoms with Gasteiger partial charge in [0.2, 0.25) is 0 Å². The van der Waals surface area contributed by atoms with Crippen molar-refractivity contribution in [3.8, 4) is 0 Å². The van der Waals surface area contributed by atoms with Crippen molar-refractivity contribution in [3.63, 3.8) is 0 Å². The van der Waals surface area contributed by atoms with Gasteiger partial charge in [-0.2, -0.15) is 0 Å². The lowest BCUT2D eigenvalue weighted by Crippen LogP contribution is -2.14. The van der Waals surface area contributed by atoms with E-state index in [9.17, 15) is 13.2 Å². The average Bonchev–Trinajstić information content (AvgIpc) is 2.89. The number of hydrogen-bond donors (Lipinski definition) is 0. The Morgan fingerprint density at radius 1 is 0.800 bits per heavy atom. The maximum atomic E-state index is 14.9. The highest BCUT2D eigenvalue weighted by atomic mass is 19.2. The molecule has 0 N–H and O–H groups in total. The van der Waals surface area contributed by atoms with Crippen molar-refractivity contribution in [2.24, 2.45) is 11.8 Å². The van der Waals surface area contributed by atoms with E-state index in [4.69, 9.17) is 0 Å². The molecular formula is C32H41F3. The molecule has 190 valence electrons. The molecule has 3 heteroatoms. The second-order valence-electron chi connectivity index (χ2n) is 10.9. The lowest BCUT2D eigenvalue weighted by Gasteiger charge is -2.28. The molecule has 0 nitrogen and oxygen atoms in total. The number of hydrogen-bond acceptors (Lipinski definition) is 0. The Hall–Kier alpha value is -2.03. The van der Waals surface area contributed by atoms with E-state index in [0.29, 0.717) is 23.0 Å². The minimum absolute atomic E-state index is 0.0719. The Balaban J connectivity index is 1.33. The SMILES string of the molecule is CCCCc1ccc(C2CCC(C=Cc3ccc(C4CCC(CC)CC4)c(F)c3F)CC2)cc1F. The minimum Gasteiger partial charge on any atom is -0.207 e. The van der Waals surface area contributed by atoms with E-state index in [1.54, 1.807) is 18.2 Å². The fraction of sp³-hybridized carbons (Fsp3) is 0.562. The molecule has 0 amide bonds. The molecule has 0 radical (unpaired) electrons. The first kappa shape index (κ1) is 26.0. The molecule has 0 bridgehead atoms. The zero-order chi connectivity index (χ0) is 24.8. The summed E-state index contributed by atoms with van der Waals surface area (Å²) in [6, 6.07) is 9.36. The number of halogens is 3. The number of aryl methyl sites for hydroxylation is 1. The number of unbranched alkanes of at least 4 members (excludes halogenated alkanes) is 1. The van der Waals surface area contributed by atoms with E-state index in [-0.39, 0.29) is 11.7 Å². The van der Waals surface area contributed by atoms with Crippen LogP contribution in [0.25, 0.3) is 6.08 Å². The Labute approximate surface area is 210 Å². The molecule has 4 rings (SSSR count). The quantitative estimate of drug-likeness (QED) is 0.351. The van der Waals surface area contributed by atoms with Crippen molar-refractivity contribution in [2.45, 2.75) is 103 Å². The van der Waals surface area contributed by atoms with Gasteiger partial charge in [0.25, 0.3) is 0 Å². The molecule has 2 aromatic carbocycles. The van der Waals surface area contributed by atoms with Crippen LogP contribution in [0.3, 0.4) is 0 Å². The van der Waals surface area contributed by atoms with Crippen molar-refractivity contribution in [1.29, 1.82) is 0 Å². The third-order valence-electron chi connectivity index (χ3n) is 8.67. The van der Waals surface area contributed by atoms with Crippen LogP contribution in [-0.2, 0) is 6.42 Å². The lowest BCUT2D eigenvalue weighted by atomic mass is 9.77. The van der Waals surface area contributed by atoms with Gasteiger partial charge in [0.15, 0.2) is 11.6 Å². The van der Waals surface area contributed by atoms with Crippen LogP contribution < -0.4 is 0 Å². The van der Waals surface area contributed by atoms with Crippen LogP contribution in [0.2, 0.25) is 0 Å². The van der Waals surface area contributed by atoms with Crippen molar-refractivity contribution in [3.05, 3.63) is 76.1 Å². The summed E-state index contributed by atoms with van der Waals surface area (Å²) in [5, 5.41) is 0. The van der Waals surface area contributed by atoms with Crippen LogP contribution >= 0.6 is 0 Å². The summed E-state index contributed by atoms with van der Waals surface area (Å²) in [6.45, 7) is 4.34. The third kappa shape index (κ3) is 6.40. The highest BCUT2D eigenvalue weighted by Gasteiger charge is 2.26. The Bertz CT molecular complexity index is 992. The van der Waals surface area contributed by atoms with Crippen LogP contribution in [0, 0.1) is 29.3 Å². The first-order valence-electron chi connectivity index (χ1n) is 13.9. The smallest absolute Gasteiger partial charge is 0.166 e. The second-order valence-corrected chi connectivity index (χ2v) is 10.9. The van der Waals surface area contributed by atoms with E-state index in [2.05, 4.69) is 26.0 Å². The molecule has 2 aromatic rings. The summed E-state index contributed by atoms with van der Waals surface area (Å²) in [6.07, 6.45) is 16.0. The highest BCUT2D eigenvalue weighted by Crippen LogP contribution is 2.40. The van der Waals surface area contributed by atoms with Crippen molar-refractivity contribution in [2.75, 3.05) is 0 Å². The van der Waals surface area contributed by atoms with E-state index >= 15 is 0 Å². The molecule has 0 unspecified atom stereocenters. The maximum absolute atomic E-state index is 14.9. The van der Waals surface area contributed by atoms with Gasteiger partial charge in [0.05, 0.1) is 0 Å². The summed E-state index contributed by atoms with van der Waals surface area (Å²) in [5.74, 6) is 0.185. The molecule has 2 fully saturated rings. The van der Waals surface area contributed by atoms with E-state index in [1.807, 2.05) is 12.1 Å². The maximum Gasteiger partial charge on any atom is 0.166 e. The van der Waals surface area contributed by atoms with Gasteiger partial charge in [-0.3, -0.25) is 0 Å². The molecule has 0 saturated heterocycles. The first-order valence-corrected chi connectivity index (χ1v) is 13.9. The topological polar surface area (TPSA) is 0 Å². The average molecular weight is 483 g/mol. The summed E-state index contributed by atoms with van der Waals surface area (Å²) < 4.78 is 44.3. The number of benzene rings is 2. The Kier molecular flexibility index (Phi) is 9.14. The van der Waals surface area contributed by atoms with E-state index in [1.165, 1.54) is 6.42 Å². The Morgan fingerprint density at radius 3 is 2.17 bits per heavy atom. The summed E-state index contributed by atoms with van der Waals surface area (Å²) in [5.41, 5.74) is 2.83. The van der Waals surface area contributed by atoms with Crippen LogP contribution in [0.5, 0.6) is 0 Å². The van der Waals surface area contributed by atoms with Crippen LogP contribution in [0.4, 0.5) is 13.2 Å². The van der Waals surface area contributed by atoms with Gasteiger partial charge in [0, 0.05) is 5.56 Å². The number of rotatable bonds is 8. The van der Waals surface area contributed by atoms with Gasteiger partial charge >= 0.3 is 0 Å². The lowest BCUT2D eigenvalue weighted by molar-refractivity contribution is 0.312. The minimum atomic E-state index is -0.705. The molecule has 0 spiro atoms. The third-order valence-corrected chi connectivity index (χ3v) is 8.67. The van der Waals surface area contributed by atoms with Gasteiger partial charge in [-0.25, -0.2) is 13.2 Å². The summed E-state index contributed by atoms with van der Waals surface area (Å²) >= 11 is 0. The van der Waals surface area contributed by atoms with E-state index < -0.39 is 11.6 Å². The molecule has 0 atom stereocenters. The zero-order valence-electron chi connectivity index (χ0n) is 21.5. The molecular weight excluding hydrogens is 441 g/mol. The van der Waals surface area contributed by atoms with Gasteiger partial charge in [0.1, 0.15) is 5.82 Å². The van der Waals surface area contributed by atoms with Crippen molar-refractivity contribution < 1.29 is 13.2 Å². The fourth-order valence-corrected chi connectivity index (χ4v) is 6.18. The number of allylic oxidation sites excluding steroid dienone is 1. The van der Waals surface area contributed by atoms with Gasteiger partial charge < -0.3 is 0 Å². The molecule has 2 saturated carbocycles. The summed E-state index contributed by atoms with van der Waals surface area (Å²) in [7, 11) is 0. The molecule has 0 aromatic heterocycles. The largest absolute Gasteiger partial charge is 0.207 e. The molecule has 2 aliphatic carbocycles. The van der Waals surface area contributed by atoms with Crippen LogP contribution in [-0.4, -0.2) is 0 Å². The highest BCUT2D eigenvalue weighted by molar-refractivity contribution is 5.52. The van der Waals surface area contributed by atoms with Gasteiger partial charge in [-0.1, -0.05) is 63.1 Å². The molecule has 35 heavy (non-hydrogen) atoms.